The molecule has 0 fully saturated rings. The summed E-state index contributed by atoms with van der Waals surface area (Å²) in [4.78, 5) is 2.38. The largest absolute Gasteiger partial charge is 0.307 e. The van der Waals surface area contributed by atoms with E-state index in [0.717, 1.165) is 5.92 Å². The van der Waals surface area contributed by atoms with Gasteiger partial charge in [-0.2, -0.15) is 0 Å². The molecule has 0 N–H and O–H groups in total. The molecule has 0 rings (SSSR count). The smallest absolute Gasteiger partial charge is 0.00219 e. The molecule has 1 nitrogen and oxygen atoms in total. The quantitative estimate of drug-likeness (QED) is 0.536. The van der Waals surface area contributed by atoms with Crippen molar-refractivity contribution in [3.8, 4) is 0 Å². The van der Waals surface area contributed by atoms with Crippen LogP contribution in [0.2, 0.25) is 0 Å². The summed E-state index contributed by atoms with van der Waals surface area (Å²) in [5.41, 5.74) is 0. The van der Waals surface area contributed by atoms with E-state index in [1.54, 1.807) is 0 Å². The Morgan fingerprint density at radius 2 is 1.82 bits per heavy atom. The third-order valence-corrected chi connectivity index (χ3v) is 2.11. The number of nitrogens with zero attached hydrogens (tertiary/aromatic N) is 1. The minimum Gasteiger partial charge on any atom is -0.307 e. The highest BCUT2D eigenvalue weighted by molar-refractivity contribution is 4.50. The molecule has 0 bridgehead atoms. The van der Waals surface area contributed by atoms with Crippen LogP contribution in [0.1, 0.15) is 40.0 Å². The fourth-order valence-electron chi connectivity index (χ4n) is 1.09. The first-order valence-electron chi connectivity index (χ1n) is 4.85. The molecule has 0 aliphatic heterocycles. The number of unbranched alkanes of at least 4 members (excludes halogenated alkanes) is 1. The number of hydrogen-bond donors (Lipinski definition) is 0. The molecule has 0 aromatic rings. The summed E-state index contributed by atoms with van der Waals surface area (Å²) >= 11 is 0. The molecule has 0 saturated heterocycles. The summed E-state index contributed by atoms with van der Waals surface area (Å²) in [5.74, 6) is 0.877. The Hall–Kier alpha value is -0.0400. The van der Waals surface area contributed by atoms with Crippen molar-refractivity contribution < 1.29 is 0 Å². The van der Waals surface area contributed by atoms with Crippen LogP contribution in [-0.2, 0) is 0 Å². The van der Waals surface area contributed by atoms with Crippen molar-refractivity contribution in [1.82, 2.24) is 4.90 Å². The van der Waals surface area contributed by atoms with Crippen LogP contribution in [-0.4, -0.2) is 25.0 Å². The first-order valence-corrected chi connectivity index (χ1v) is 4.85. The van der Waals surface area contributed by atoms with Gasteiger partial charge < -0.3 is 4.90 Å². The first kappa shape index (κ1) is 11.0. The van der Waals surface area contributed by atoms with Crippen molar-refractivity contribution in [3.63, 3.8) is 0 Å². The zero-order valence-electron chi connectivity index (χ0n) is 8.56. The van der Waals surface area contributed by atoms with Gasteiger partial charge in [-0.15, -0.1) is 0 Å². The maximum atomic E-state index is 2.38. The molecule has 0 aliphatic rings. The van der Waals surface area contributed by atoms with Crippen molar-refractivity contribution in [3.05, 3.63) is 0 Å². The van der Waals surface area contributed by atoms with Gasteiger partial charge in [0.2, 0.25) is 0 Å². The van der Waals surface area contributed by atoms with Crippen molar-refractivity contribution in [1.29, 1.82) is 0 Å². The predicted molar refractivity (Wildman–Crippen MR) is 51.9 cm³/mol. The molecule has 0 saturated carbocycles. The maximum Gasteiger partial charge on any atom is -0.00219 e. The van der Waals surface area contributed by atoms with Crippen LogP contribution >= 0.6 is 0 Å². The molecule has 0 unspecified atom stereocenters. The molecule has 0 atom stereocenters. The molecule has 11 heavy (non-hydrogen) atoms. The molecule has 0 aliphatic carbocycles. The second kappa shape index (κ2) is 6.66. The average Bonchev–Trinajstić information content (AvgIpc) is 1.97. The highest BCUT2D eigenvalue weighted by atomic mass is 15.1. The van der Waals surface area contributed by atoms with E-state index in [1.807, 2.05) is 0 Å². The monoisotopic (exact) mass is 157 g/mol. The Labute approximate surface area is 71.8 Å². The standard InChI is InChI=1S/C10H23N/c1-5-11(4)9-7-6-8-10(2)3/h10H,5-9H2,1-4H3. The lowest BCUT2D eigenvalue weighted by Gasteiger charge is -2.13. The average molecular weight is 157 g/mol. The van der Waals surface area contributed by atoms with Crippen LogP contribution in [0.4, 0.5) is 0 Å². The van der Waals surface area contributed by atoms with Crippen molar-refractivity contribution in [2.75, 3.05) is 20.1 Å². The summed E-state index contributed by atoms with van der Waals surface area (Å²) in [6.45, 7) is 9.25. The molecule has 0 aromatic heterocycles. The minimum absolute atomic E-state index is 0.877. The van der Waals surface area contributed by atoms with Gasteiger partial charge in [0.25, 0.3) is 0 Å². The molecule has 1 heteroatoms. The van der Waals surface area contributed by atoms with Gasteiger partial charge in [-0.25, -0.2) is 0 Å². The fraction of sp³-hybridized carbons (Fsp3) is 1.00. The van der Waals surface area contributed by atoms with Crippen molar-refractivity contribution >= 4 is 0 Å². The van der Waals surface area contributed by atoms with E-state index in [9.17, 15) is 0 Å². The first-order chi connectivity index (χ1) is 5.16. The Balaban J connectivity index is 3.01. The number of hydrogen-bond acceptors (Lipinski definition) is 1. The zero-order valence-corrected chi connectivity index (χ0v) is 8.56. The molecule has 0 spiro atoms. The fourth-order valence-corrected chi connectivity index (χ4v) is 1.09. The highest BCUT2D eigenvalue weighted by Crippen LogP contribution is 2.06. The lowest BCUT2D eigenvalue weighted by atomic mass is 10.1. The predicted octanol–water partition coefficient (Wildman–Crippen LogP) is 2.76. The summed E-state index contributed by atoms with van der Waals surface area (Å²) in [6, 6.07) is 0. The third kappa shape index (κ3) is 7.86. The Morgan fingerprint density at radius 1 is 1.18 bits per heavy atom. The van der Waals surface area contributed by atoms with E-state index in [2.05, 4.69) is 32.7 Å². The van der Waals surface area contributed by atoms with Gasteiger partial charge in [-0.3, -0.25) is 0 Å². The zero-order chi connectivity index (χ0) is 8.69. The van der Waals surface area contributed by atoms with E-state index in [1.165, 1.54) is 32.4 Å². The van der Waals surface area contributed by atoms with E-state index in [-0.39, 0.29) is 0 Å². The van der Waals surface area contributed by atoms with Gasteiger partial charge in [0.05, 0.1) is 0 Å². The van der Waals surface area contributed by atoms with Gasteiger partial charge in [-0.1, -0.05) is 33.6 Å². The molecule has 0 aromatic carbocycles. The van der Waals surface area contributed by atoms with E-state index < -0.39 is 0 Å². The second-order valence-corrected chi connectivity index (χ2v) is 3.79. The Bertz CT molecular complexity index is 78.9. The lowest BCUT2D eigenvalue weighted by molar-refractivity contribution is 0.337. The minimum atomic E-state index is 0.877. The summed E-state index contributed by atoms with van der Waals surface area (Å²) in [5, 5.41) is 0. The van der Waals surface area contributed by atoms with Crippen LogP contribution in [0.25, 0.3) is 0 Å². The lowest BCUT2D eigenvalue weighted by Crippen LogP contribution is -2.18. The van der Waals surface area contributed by atoms with Crippen molar-refractivity contribution in [2.24, 2.45) is 5.92 Å². The molecule has 0 heterocycles. The van der Waals surface area contributed by atoms with Gasteiger partial charge in [0.15, 0.2) is 0 Å². The van der Waals surface area contributed by atoms with Crippen LogP contribution in [0.3, 0.4) is 0 Å². The molecular formula is C10H23N. The summed E-state index contributed by atoms with van der Waals surface area (Å²) in [7, 11) is 2.19. The van der Waals surface area contributed by atoms with E-state index in [0.29, 0.717) is 0 Å². The normalized spacial score (nSPS) is 11.5. The van der Waals surface area contributed by atoms with Crippen molar-refractivity contribution in [2.45, 2.75) is 40.0 Å². The molecule has 0 amide bonds. The van der Waals surface area contributed by atoms with E-state index >= 15 is 0 Å². The summed E-state index contributed by atoms with van der Waals surface area (Å²) in [6.07, 6.45) is 4.14. The molecular weight excluding hydrogens is 134 g/mol. The summed E-state index contributed by atoms with van der Waals surface area (Å²) < 4.78 is 0. The van der Waals surface area contributed by atoms with E-state index in [4.69, 9.17) is 0 Å². The van der Waals surface area contributed by atoms with Crippen LogP contribution < -0.4 is 0 Å². The highest BCUT2D eigenvalue weighted by Gasteiger charge is 1.96. The van der Waals surface area contributed by atoms with Crippen LogP contribution in [0.15, 0.2) is 0 Å². The van der Waals surface area contributed by atoms with Gasteiger partial charge >= 0.3 is 0 Å². The SMILES string of the molecule is CCN(C)CCCCC(C)C. The van der Waals surface area contributed by atoms with Gasteiger partial charge in [-0.05, 0) is 32.5 Å². The molecule has 0 radical (unpaired) electrons. The van der Waals surface area contributed by atoms with Gasteiger partial charge in [0.1, 0.15) is 0 Å². The van der Waals surface area contributed by atoms with Crippen LogP contribution in [0, 0.1) is 5.92 Å². The maximum absolute atomic E-state index is 2.38. The Morgan fingerprint density at radius 3 is 2.27 bits per heavy atom. The van der Waals surface area contributed by atoms with Crippen LogP contribution in [0.5, 0.6) is 0 Å². The second-order valence-electron chi connectivity index (χ2n) is 3.79. The number of rotatable bonds is 6. The molecule has 68 valence electrons. The van der Waals surface area contributed by atoms with Gasteiger partial charge in [0, 0.05) is 0 Å². The Kier molecular flexibility index (Phi) is 6.63. The third-order valence-electron chi connectivity index (χ3n) is 2.11. The topological polar surface area (TPSA) is 3.24 Å².